The number of thioether (sulfide) groups is 1. The molecular formula is C15H16ClNO2S2. The summed E-state index contributed by atoms with van der Waals surface area (Å²) in [6.45, 7) is 0.948. The molecule has 0 aliphatic rings. The molecule has 0 saturated carbocycles. The van der Waals surface area contributed by atoms with E-state index >= 15 is 0 Å². The van der Waals surface area contributed by atoms with Crippen molar-refractivity contribution in [2.24, 2.45) is 0 Å². The minimum absolute atomic E-state index is 0.0382. The van der Waals surface area contributed by atoms with Crippen molar-refractivity contribution in [1.29, 1.82) is 0 Å². The Hall–Kier alpha value is -1.17. The van der Waals surface area contributed by atoms with Crippen LogP contribution in [0.25, 0.3) is 0 Å². The van der Waals surface area contributed by atoms with Gasteiger partial charge in [0.15, 0.2) is 0 Å². The number of hydrogen-bond acceptors (Lipinski definition) is 4. The number of ether oxygens (including phenoxy) is 1. The summed E-state index contributed by atoms with van der Waals surface area (Å²) < 4.78 is 5.50. The fraction of sp³-hybridized carbons (Fsp3) is 0.267. The van der Waals surface area contributed by atoms with Crippen molar-refractivity contribution in [2.45, 2.75) is 5.75 Å². The molecule has 0 aliphatic carbocycles. The van der Waals surface area contributed by atoms with Gasteiger partial charge in [0.1, 0.15) is 12.4 Å². The lowest BCUT2D eigenvalue weighted by Gasteiger charge is -2.07. The Balaban J connectivity index is 1.53. The second-order valence-corrected chi connectivity index (χ2v) is 6.68. The van der Waals surface area contributed by atoms with Crippen molar-refractivity contribution in [3.63, 3.8) is 0 Å². The third kappa shape index (κ3) is 6.42. The van der Waals surface area contributed by atoms with Crippen LogP contribution in [0.4, 0.5) is 0 Å². The van der Waals surface area contributed by atoms with Gasteiger partial charge in [0.05, 0.1) is 12.3 Å². The highest BCUT2D eigenvalue weighted by Crippen LogP contribution is 2.17. The summed E-state index contributed by atoms with van der Waals surface area (Å²) in [7, 11) is 0. The molecule has 21 heavy (non-hydrogen) atoms. The van der Waals surface area contributed by atoms with Crippen LogP contribution < -0.4 is 10.1 Å². The van der Waals surface area contributed by atoms with Crippen LogP contribution in [0.3, 0.4) is 0 Å². The van der Waals surface area contributed by atoms with E-state index in [1.165, 1.54) is 4.88 Å². The van der Waals surface area contributed by atoms with E-state index in [9.17, 15) is 4.79 Å². The second-order valence-electron chi connectivity index (χ2n) is 4.22. The van der Waals surface area contributed by atoms with Crippen LogP contribution in [0.5, 0.6) is 5.75 Å². The zero-order chi connectivity index (χ0) is 14.9. The lowest BCUT2D eigenvalue weighted by molar-refractivity contribution is -0.118. The predicted molar refractivity (Wildman–Crippen MR) is 90.4 cm³/mol. The molecule has 0 bridgehead atoms. The maximum Gasteiger partial charge on any atom is 0.230 e. The summed E-state index contributed by atoms with van der Waals surface area (Å²) in [6, 6.07) is 11.3. The molecule has 0 saturated heterocycles. The Morgan fingerprint density at radius 2 is 2.10 bits per heavy atom. The van der Waals surface area contributed by atoms with Gasteiger partial charge in [0, 0.05) is 15.7 Å². The first-order valence-corrected chi connectivity index (χ1v) is 8.90. The predicted octanol–water partition coefficient (Wildman–Crippen LogP) is 3.83. The van der Waals surface area contributed by atoms with Crippen molar-refractivity contribution in [3.05, 3.63) is 51.7 Å². The van der Waals surface area contributed by atoms with Gasteiger partial charge in [-0.25, -0.2) is 0 Å². The highest BCUT2D eigenvalue weighted by atomic mass is 35.5. The van der Waals surface area contributed by atoms with Crippen LogP contribution in [0.1, 0.15) is 4.88 Å². The molecule has 0 atom stereocenters. The third-order valence-electron chi connectivity index (χ3n) is 2.56. The molecule has 112 valence electrons. The van der Waals surface area contributed by atoms with Crippen LogP contribution in [0.15, 0.2) is 41.8 Å². The molecule has 2 rings (SSSR count). The highest BCUT2D eigenvalue weighted by molar-refractivity contribution is 7.99. The summed E-state index contributed by atoms with van der Waals surface area (Å²) in [5.41, 5.74) is 0. The van der Waals surface area contributed by atoms with Crippen molar-refractivity contribution in [2.75, 3.05) is 18.9 Å². The Kier molecular flexibility index (Phi) is 6.92. The summed E-state index contributed by atoms with van der Waals surface area (Å²) in [4.78, 5) is 12.9. The second kappa shape index (κ2) is 8.97. The molecule has 2 aromatic rings. The fourth-order valence-corrected chi connectivity index (χ4v) is 3.40. The van der Waals surface area contributed by atoms with Crippen LogP contribution in [0, 0.1) is 0 Å². The summed E-state index contributed by atoms with van der Waals surface area (Å²) in [6.07, 6.45) is 0. The van der Waals surface area contributed by atoms with Gasteiger partial charge >= 0.3 is 0 Å². The fourth-order valence-electron chi connectivity index (χ4n) is 1.58. The Morgan fingerprint density at radius 1 is 1.29 bits per heavy atom. The first-order valence-electron chi connectivity index (χ1n) is 6.49. The molecule has 1 heterocycles. The SMILES string of the molecule is O=C(CSCc1cccs1)NCCOc1ccc(Cl)cc1. The third-order valence-corrected chi connectivity index (χ3v) is 4.86. The molecule has 0 spiro atoms. The Labute approximate surface area is 137 Å². The van der Waals surface area contributed by atoms with E-state index in [-0.39, 0.29) is 5.91 Å². The minimum atomic E-state index is 0.0382. The Morgan fingerprint density at radius 3 is 2.81 bits per heavy atom. The average molecular weight is 342 g/mol. The number of hydrogen-bond donors (Lipinski definition) is 1. The number of nitrogens with one attached hydrogen (secondary N) is 1. The largest absolute Gasteiger partial charge is 0.492 e. The monoisotopic (exact) mass is 341 g/mol. The zero-order valence-electron chi connectivity index (χ0n) is 11.4. The number of halogens is 1. The van der Waals surface area contributed by atoms with Gasteiger partial charge in [-0.2, -0.15) is 0 Å². The molecule has 0 fully saturated rings. The van der Waals surface area contributed by atoms with Gasteiger partial charge in [0.25, 0.3) is 0 Å². The van der Waals surface area contributed by atoms with Crippen LogP contribution in [-0.2, 0) is 10.5 Å². The quantitative estimate of drug-likeness (QED) is 0.741. The average Bonchev–Trinajstić information content (AvgIpc) is 2.99. The number of carbonyl (C=O) groups excluding carboxylic acids is 1. The van der Waals surface area contributed by atoms with E-state index in [1.54, 1.807) is 47.4 Å². The number of benzene rings is 1. The number of amides is 1. The molecule has 1 N–H and O–H groups in total. The van der Waals surface area contributed by atoms with Gasteiger partial charge in [0.2, 0.25) is 5.91 Å². The standard InChI is InChI=1S/C15H16ClNO2S2/c16-12-3-5-13(6-4-12)19-8-7-17-15(18)11-20-10-14-2-1-9-21-14/h1-6,9H,7-8,10-11H2,(H,17,18). The molecule has 0 aliphatic heterocycles. The first-order chi connectivity index (χ1) is 10.2. The topological polar surface area (TPSA) is 38.3 Å². The van der Waals surface area contributed by atoms with E-state index in [2.05, 4.69) is 11.4 Å². The smallest absolute Gasteiger partial charge is 0.230 e. The molecule has 6 heteroatoms. The molecular weight excluding hydrogens is 326 g/mol. The van der Waals surface area contributed by atoms with Crippen LogP contribution in [-0.4, -0.2) is 24.8 Å². The van der Waals surface area contributed by atoms with Crippen LogP contribution in [0.2, 0.25) is 5.02 Å². The van der Waals surface area contributed by atoms with Crippen molar-refractivity contribution in [1.82, 2.24) is 5.32 Å². The maximum absolute atomic E-state index is 11.6. The highest BCUT2D eigenvalue weighted by Gasteiger charge is 2.02. The molecule has 1 aromatic heterocycles. The van der Waals surface area contributed by atoms with Gasteiger partial charge < -0.3 is 10.1 Å². The van der Waals surface area contributed by atoms with Gasteiger partial charge in [-0.15, -0.1) is 23.1 Å². The minimum Gasteiger partial charge on any atom is -0.492 e. The van der Waals surface area contributed by atoms with Gasteiger partial charge in [-0.3, -0.25) is 4.79 Å². The van der Waals surface area contributed by atoms with E-state index in [1.807, 2.05) is 11.4 Å². The first kappa shape index (κ1) is 16.2. The van der Waals surface area contributed by atoms with Gasteiger partial charge in [-0.1, -0.05) is 17.7 Å². The van der Waals surface area contributed by atoms with Gasteiger partial charge in [-0.05, 0) is 35.7 Å². The normalized spacial score (nSPS) is 10.3. The number of rotatable bonds is 8. The van der Waals surface area contributed by atoms with E-state index in [4.69, 9.17) is 16.3 Å². The lowest BCUT2D eigenvalue weighted by Crippen LogP contribution is -2.29. The van der Waals surface area contributed by atoms with Crippen molar-refractivity contribution < 1.29 is 9.53 Å². The maximum atomic E-state index is 11.6. The zero-order valence-corrected chi connectivity index (χ0v) is 13.8. The number of carbonyl (C=O) groups is 1. The Bertz CT molecular complexity index is 543. The van der Waals surface area contributed by atoms with Crippen molar-refractivity contribution >= 4 is 40.6 Å². The van der Waals surface area contributed by atoms with Crippen LogP contribution >= 0.6 is 34.7 Å². The summed E-state index contributed by atoms with van der Waals surface area (Å²) in [5.74, 6) is 2.14. The molecule has 0 unspecified atom stereocenters. The molecule has 1 aromatic carbocycles. The van der Waals surface area contributed by atoms with E-state index < -0.39 is 0 Å². The molecule has 1 amide bonds. The lowest BCUT2D eigenvalue weighted by atomic mass is 10.3. The van der Waals surface area contributed by atoms with E-state index in [0.717, 1.165) is 11.5 Å². The molecule has 3 nitrogen and oxygen atoms in total. The van der Waals surface area contributed by atoms with E-state index in [0.29, 0.717) is 23.9 Å². The molecule has 0 radical (unpaired) electrons. The number of thiophene rings is 1. The summed E-state index contributed by atoms with van der Waals surface area (Å²) in [5, 5.41) is 5.56. The summed E-state index contributed by atoms with van der Waals surface area (Å²) >= 11 is 9.12. The van der Waals surface area contributed by atoms with Crippen molar-refractivity contribution in [3.8, 4) is 5.75 Å².